The summed E-state index contributed by atoms with van der Waals surface area (Å²) in [7, 11) is 3.49. The van der Waals surface area contributed by atoms with Crippen molar-refractivity contribution >= 4 is 27.7 Å². The van der Waals surface area contributed by atoms with Gasteiger partial charge in [0.1, 0.15) is 5.82 Å². The summed E-state index contributed by atoms with van der Waals surface area (Å²) in [6.07, 6.45) is 9.01. The lowest BCUT2D eigenvalue weighted by Crippen LogP contribution is -2.47. The molecule has 1 saturated heterocycles. The van der Waals surface area contributed by atoms with E-state index in [0.717, 1.165) is 47.7 Å². The minimum atomic E-state index is 0.539. The van der Waals surface area contributed by atoms with Crippen LogP contribution in [0.3, 0.4) is 0 Å². The highest BCUT2D eigenvalue weighted by Crippen LogP contribution is 2.25. The summed E-state index contributed by atoms with van der Waals surface area (Å²) in [5.74, 6) is 2.08. The van der Waals surface area contributed by atoms with Crippen molar-refractivity contribution in [3.63, 3.8) is 0 Å². The van der Waals surface area contributed by atoms with E-state index in [2.05, 4.69) is 45.8 Å². The van der Waals surface area contributed by atoms with Crippen LogP contribution in [0, 0.1) is 0 Å². The lowest BCUT2D eigenvalue weighted by molar-refractivity contribution is 0.393. The van der Waals surface area contributed by atoms with Crippen LogP contribution in [0.2, 0.25) is 0 Å². The Balaban J connectivity index is 1.46. The summed E-state index contributed by atoms with van der Waals surface area (Å²) < 4.78 is 7.77. The van der Waals surface area contributed by atoms with Crippen molar-refractivity contribution in [2.75, 3.05) is 43.1 Å². The van der Waals surface area contributed by atoms with E-state index < -0.39 is 0 Å². The summed E-state index contributed by atoms with van der Waals surface area (Å²) in [6.45, 7) is 3.22. The number of hydrogen-bond donors (Lipinski definition) is 0. The van der Waals surface area contributed by atoms with E-state index in [1.54, 1.807) is 36.6 Å². The second-order valence-corrected chi connectivity index (χ2v) is 7.02. The molecule has 0 aromatic carbocycles. The van der Waals surface area contributed by atoms with Crippen molar-refractivity contribution in [2.45, 2.75) is 0 Å². The Kier molecular flexibility index (Phi) is 4.88. The van der Waals surface area contributed by atoms with Crippen LogP contribution in [-0.4, -0.2) is 63.0 Å². The van der Waals surface area contributed by atoms with Crippen molar-refractivity contribution in [1.29, 1.82) is 0 Å². The van der Waals surface area contributed by atoms with E-state index in [4.69, 9.17) is 9.72 Å². The topological polar surface area (TPSA) is 85.1 Å². The number of hydrogen-bond acceptors (Lipinski definition) is 8. The van der Waals surface area contributed by atoms with E-state index in [1.807, 2.05) is 13.2 Å². The lowest BCUT2D eigenvalue weighted by atomic mass is 10.2. The molecule has 1 aliphatic heterocycles. The molecular weight excluding hydrogens is 412 g/mol. The molecule has 4 heterocycles. The molecule has 1 aliphatic rings. The van der Waals surface area contributed by atoms with Crippen LogP contribution in [0.1, 0.15) is 0 Å². The number of halogens is 1. The molecule has 4 rings (SSSR count). The molecule has 10 heteroatoms. The van der Waals surface area contributed by atoms with Crippen LogP contribution in [-0.2, 0) is 7.05 Å². The molecule has 27 heavy (non-hydrogen) atoms. The molecule has 0 unspecified atom stereocenters. The third kappa shape index (κ3) is 3.70. The fourth-order valence-electron chi connectivity index (χ4n) is 2.97. The van der Waals surface area contributed by atoms with Crippen LogP contribution in [0.4, 0.5) is 11.8 Å². The van der Waals surface area contributed by atoms with Crippen LogP contribution in [0.25, 0.3) is 11.3 Å². The van der Waals surface area contributed by atoms with E-state index in [0.29, 0.717) is 11.8 Å². The Morgan fingerprint density at radius 1 is 1.00 bits per heavy atom. The first-order valence-corrected chi connectivity index (χ1v) is 9.31. The summed E-state index contributed by atoms with van der Waals surface area (Å²) in [5.41, 5.74) is 1.78. The normalized spacial score (nSPS) is 14.5. The molecule has 0 saturated carbocycles. The van der Waals surface area contributed by atoms with Gasteiger partial charge >= 0.3 is 0 Å². The molecule has 0 atom stereocenters. The number of aryl methyl sites for hydroxylation is 1. The number of anilines is 2. The smallest absolute Gasteiger partial charge is 0.232 e. The summed E-state index contributed by atoms with van der Waals surface area (Å²) in [6, 6.07) is 0. The summed E-state index contributed by atoms with van der Waals surface area (Å²) in [4.78, 5) is 22.3. The lowest BCUT2D eigenvalue weighted by Gasteiger charge is -2.35. The quantitative estimate of drug-likeness (QED) is 0.618. The van der Waals surface area contributed by atoms with Gasteiger partial charge < -0.3 is 14.5 Å². The summed E-state index contributed by atoms with van der Waals surface area (Å²) >= 11 is 3.38. The Hall–Kier alpha value is -2.75. The predicted molar refractivity (Wildman–Crippen MR) is 105 cm³/mol. The van der Waals surface area contributed by atoms with E-state index >= 15 is 0 Å². The Morgan fingerprint density at radius 2 is 1.78 bits per heavy atom. The van der Waals surface area contributed by atoms with E-state index in [1.165, 1.54) is 0 Å². The highest BCUT2D eigenvalue weighted by molar-refractivity contribution is 9.10. The first-order chi connectivity index (χ1) is 13.1. The van der Waals surface area contributed by atoms with Crippen LogP contribution >= 0.6 is 15.9 Å². The molecule has 0 N–H and O–H groups in total. The molecule has 0 aliphatic carbocycles. The number of ether oxygens (including phenoxy) is 1. The second-order valence-electron chi connectivity index (χ2n) is 6.17. The maximum atomic E-state index is 5.26. The molecule has 3 aromatic rings. The molecule has 0 amide bonds. The largest absolute Gasteiger partial charge is 0.480 e. The average Bonchev–Trinajstić information content (AvgIpc) is 3.15. The van der Waals surface area contributed by atoms with Crippen LogP contribution < -0.4 is 14.5 Å². The van der Waals surface area contributed by atoms with Crippen LogP contribution in [0.5, 0.6) is 5.88 Å². The molecule has 3 aromatic heterocycles. The average molecular weight is 431 g/mol. The zero-order valence-electron chi connectivity index (χ0n) is 15.1. The van der Waals surface area contributed by atoms with Gasteiger partial charge in [-0.15, -0.1) is 0 Å². The minimum absolute atomic E-state index is 0.539. The van der Waals surface area contributed by atoms with Gasteiger partial charge in [-0.05, 0) is 15.9 Å². The highest BCUT2D eigenvalue weighted by atomic mass is 79.9. The first-order valence-electron chi connectivity index (χ1n) is 8.51. The second kappa shape index (κ2) is 7.47. The fourth-order valence-corrected chi connectivity index (χ4v) is 3.33. The first kappa shape index (κ1) is 17.7. The van der Waals surface area contributed by atoms with Gasteiger partial charge in [0.2, 0.25) is 11.8 Å². The van der Waals surface area contributed by atoms with Gasteiger partial charge in [-0.3, -0.25) is 9.67 Å². The van der Waals surface area contributed by atoms with Gasteiger partial charge in [0.15, 0.2) is 0 Å². The Bertz CT molecular complexity index is 938. The van der Waals surface area contributed by atoms with Crippen molar-refractivity contribution in [2.24, 2.45) is 7.05 Å². The minimum Gasteiger partial charge on any atom is -0.480 e. The third-order valence-corrected chi connectivity index (χ3v) is 4.95. The Morgan fingerprint density at radius 3 is 2.48 bits per heavy atom. The van der Waals surface area contributed by atoms with Crippen LogP contribution in [0.15, 0.2) is 35.5 Å². The number of aromatic nitrogens is 6. The molecule has 0 bridgehead atoms. The van der Waals surface area contributed by atoms with Gasteiger partial charge in [0.25, 0.3) is 0 Å². The van der Waals surface area contributed by atoms with E-state index in [9.17, 15) is 0 Å². The molecule has 0 radical (unpaired) electrons. The van der Waals surface area contributed by atoms with Crippen molar-refractivity contribution in [3.8, 4) is 17.1 Å². The monoisotopic (exact) mass is 430 g/mol. The number of methoxy groups -OCH3 is 1. The number of piperazine rings is 1. The number of rotatable bonds is 4. The zero-order chi connectivity index (χ0) is 18.8. The van der Waals surface area contributed by atoms with Gasteiger partial charge in [0, 0.05) is 45.0 Å². The van der Waals surface area contributed by atoms with Gasteiger partial charge in [0.05, 0.1) is 42.1 Å². The van der Waals surface area contributed by atoms with Gasteiger partial charge in [-0.1, -0.05) is 0 Å². The van der Waals surface area contributed by atoms with Crippen molar-refractivity contribution in [1.82, 2.24) is 29.7 Å². The molecular formula is C17H19BrN8O. The maximum absolute atomic E-state index is 5.26. The third-order valence-electron chi connectivity index (χ3n) is 4.40. The molecule has 9 nitrogen and oxygen atoms in total. The molecule has 0 spiro atoms. The van der Waals surface area contributed by atoms with Crippen molar-refractivity contribution in [3.05, 3.63) is 35.5 Å². The predicted octanol–water partition coefficient (Wildman–Crippen LogP) is 1.76. The molecule has 140 valence electrons. The highest BCUT2D eigenvalue weighted by Gasteiger charge is 2.21. The van der Waals surface area contributed by atoms with Crippen molar-refractivity contribution < 1.29 is 4.74 Å². The standard InChI is InChI=1S/C17H19BrN8O/c1-24-11-12(7-21-24)14-9-19-10-15(22-14)25-3-5-26(6-4-25)17-20-8-13(18)16(23-17)27-2/h7-11H,3-6H2,1-2H3. The van der Waals surface area contributed by atoms with Gasteiger partial charge in [-0.25, -0.2) is 9.97 Å². The fraction of sp³-hybridized carbons (Fsp3) is 0.353. The molecule has 1 fully saturated rings. The zero-order valence-corrected chi connectivity index (χ0v) is 16.7. The van der Waals surface area contributed by atoms with E-state index in [-0.39, 0.29) is 0 Å². The Labute approximate surface area is 165 Å². The summed E-state index contributed by atoms with van der Waals surface area (Å²) in [5, 5.41) is 4.20. The SMILES string of the molecule is COc1nc(N2CCN(c3cncc(-c4cnn(C)c4)n3)CC2)ncc1Br. The maximum Gasteiger partial charge on any atom is 0.232 e. The van der Waals surface area contributed by atoms with Gasteiger partial charge in [-0.2, -0.15) is 10.1 Å². The number of nitrogens with zero attached hydrogens (tertiary/aromatic N) is 8.